The molecule has 1 aromatic carbocycles. The van der Waals surface area contributed by atoms with Crippen molar-refractivity contribution in [3.05, 3.63) is 35.1 Å². The molecule has 16 heavy (non-hydrogen) atoms. The summed E-state index contributed by atoms with van der Waals surface area (Å²) in [6.45, 7) is 2.49. The molecule has 1 unspecified atom stereocenters. The van der Waals surface area contributed by atoms with Crippen LogP contribution < -0.4 is 0 Å². The van der Waals surface area contributed by atoms with Crippen molar-refractivity contribution in [1.82, 2.24) is 0 Å². The van der Waals surface area contributed by atoms with Crippen LogP contribution in [0.3, 0.4) is 0 Å². The summed E-state index contributed by atoms with van der Waals surface area (Å²) >= 11 is 0. The van der Waals surface area contributed by atoms with E-state index in [-0.39, 0.29) is 18.6 Å². The van der Waals surface area contributed by atoms with Gasteiger partial charge in [0.15, 0.2) is 17.5 Å². The number of halogens is 3. The number of ether oxygens (including phenoxy) is 1. The lowest BCUT2D eigenvalue weighted by molar-refractivity contribution is 0.0864. The molecule has 1 aromatic rings. The smallest absolute Gasteiger partial charge is 0.194 e. The van der Waals surface area contributed by atoms with Gasteiger partial charge < -0.3 is 9.84 Å². The average Bonchev–Trinajstić information content (AvgIpc) is 2.26. The van der Waals surface area contributed by atoms with Gasteiger partial charge in [-0.3, -0.25) is 0 Å². The van der Waals surface area contributed by atoms with Gasteiger partial charge in [0, 0.05) is 25.2 Å². The Kier molecular flexibility index (Phi) is 4.76. The molecule has 0 aromatic heterocycles. The second kappa shape index (κ2) is 5.86. The highest BCUT2D eigenvalue weighted by atomic mass is 19.2. The zero-order valence-corrected chi connectivity index (χ0v) is 8.84. The Morgan fingerprint density at radius 3 is 2.56 bits per heavy atom. The predicted molar refractivity (Wildman–Crippen MR) is 52.4 cm³/mol. The summed E-state index contributed by atoms with van der Waals surface area (Å²) in [5.74, 6) is -4.17. The molecule has 0 saturated heterocycles. The van der Waals surface area contributed by atoms with Gasteiger partial charge in [0.05, 0.1) is 6.10 Å². The summed E-state index contributed by atoms with van der Waals surface area (Å²) in [5, 5.41) is 9.53. The van der Waals surface area contributed by atoms with Crippen molar-refractivity contribution in [3.8, 4) is 0 Å². The number of hydrogen-bond donors (Lipinski definition) is 1. The van der Waals surface area contributed by atoms with Crippen LogP contribution in [0.25, 0.3) is 0 Å². The van der Waals surface area contributed by atoms with Crippen LogP contribution in [0, 0.1) is 17.5 Å². The summed E-state index contributed by atoms with van der Waals surface area (Å²) in [6.07, 6.45) is -1.06. The summed E-state index contributed by atoms with van der Waals surface area (Å²) in [5.41, 5.74) is -0.251. The van der Waals surface area contributed by atoms with E-state index in [1.54, 1.807) is 6.92 Å². The normalized spacial score (nSPS) is 12.8. The molecule has 2 nitrogen and oxygen atoms in total. The molecule has 0 radical (unpaired) electrons. The molecule has 0 aliphatic rings. The molecule has 0 amide bonds. The summed E-state index contributed by atoms with van der Waals surface area (Å²) in [6, 6.07) is 1.82. The Morgan fingerprint density at radius 1 is 1.25 bits per heavy atom. The van der Waals surface area contributed by atoms with Gasteiger partial charge in [-0.25, -0.2) is 13.2 Å². The molecular formula is C11H13F3O2. The van der Waals surface area contributed by atoms with E-state index in [9.17, 15) is 18.3 Å². The summed E-state index contributed by atoms with van der Waals surface area (Å²) < 4.78 is 43.6. The van der Waals surface area contributed by atoms with Crippen molar-refractivity contribution < 1.29 is 23.0 Å². The highest BCUT2D eigenvalue weighted by molar-refractivity contribution is 5.22. The number of hydrogen-bond acceptors (Lipinski definition) is 2. The summed E-state index contributed by atoms with van der Waals surface area (Å²) in [7, 11) is 0. The fourth-order valence-electron chi connectivity index (χ4n) is 1.29. The lowest BCUT2D eigenvalue weighted by atomic mass is 10.1. The van der Waals surface area contributed by atoms with Crippen molar-refractivity contribution >= 4 is 0 Å². The number of benzene rings is 1. The molecule has 1 atom stereocenters. The minimum absolute atomic E-state index is 0.135. The zero-order valence-electron chi connectivity index (χ0n) is 8.84. The average molecular weight is 234 g/mol. The van der Waals surface area contributed by atoms with Crippen LogP contribution in [0.15, 0.2) is 12.1 Å². The first-order valence-corrected chi connectivity index (χ1v) is 4.97. The molecule has 5 heteroatoms. The first-order chi connectivity index (χ1) is 7.57. The maximum atomic E-state index is 13.2. The van der Waals surface area contributed by atoms with Gasteiger partial charge in [-0.15, -0.1) is 0 Å². The lowest BCUT2D eigenvalue weighted by Gasteiger charge is -2.12. The third kappa shape index (κ3) is 2.96. The van der Waals surface area contributed by atoms with Crippen molar-refractivity contribution in [1.29, 1.82) is 0 Å². The fourth-order valence-corrected chi connectivity index (χ4v) is 1.29. The molecule has 1 rings (SSSR count). The van der Waals surface area contributed by atoms with E-state index >= 15 is 0 Å². The third-order valence-corrected chi connectivity index (χ3v) is 2.16. The predicted octanol–water partition coefficient (Wildman–Crippen LogP) is 2.56. The Labute approximate surface area is 91.7 Å². The van der Waals surface area contributed by atoms with Crippen LogP contribution in [-0.4, -0.2) is 18.3 Å². The maximum Gasteiger partial charge on any atom is 0.194 e. The van der Waals surface area contributed by atoms with E-state index in [0.29, 0.717) is 6.61 Å². The minimum atomic E-state index is -1.56. The number of rotatable bonds is 5. The van der Waals surface area contributed by atoms with E-state index in [1.165, 1.54) is 0 Å². The second-order valence-corrected chi connectivity index (χ2v) is 3.27. The largest absolute Gasteiger partial charge is 0.388 e. The standard InChI is InChI=1S/C11H13F3O2/c1-2-16-6-5-9(15)7-3-4-8(12)11(14)10(7)13/h3-4,9,15H,2,5-6H2,1H3. The van der Waals surface area contributed by atoms with Crippen LogP contribution >= 0.6 is 0 Å². The first-order valence-electron chi connectivity index (χ1n) is 4.97. The Balaban J connectivity index is 2.76. The van der Waals surface area contributed by atoms with E-state index in [0.717, 1.165) is 12.1 Å². The zero-order chi connectivity index (χ0) is 12.1. The van der Waals surface area contributed by atoms with Gasteiger partial charge in [-0.05, 0) is 13.0 Å². The van der Waals surface area contributed by atoms with E-state index in [1.807, 2.05) is 0 Å². The topological polar surface area (TPSA) is 29.5 Å². The summed E-state index contributed by atoms with van der Waals surface area (Å²) in [4.78, 5) is 0. The second-order valence-electron chi connectivity index (χ2n) is 3.27. The van der Waals surface area contributed by atoms with E-state index in [4.69, 9.17) is 4.74 Å². The van der Waals surface area contributed by atoms with Gasteiger partial charge in [-0.1, -0.05) is 6.07 Å². The van der Waals surface area contributed by atoms with Crippen LogP contribution in [0.1, 0.15) is 25.0 Å². The molecule has 1 N–H and O–H groups in total. The van der Waals surface area contributed by atoms with E-state index < -0.39 is 23.6 Å². The lowest BCUT2D eigenvalue weighted by Crippen LogP contribution is -2.07. The van der Waals surface area contributed by atoms with Gasteiger partial charge in [-0.2, -0.15) is 0 Å². The molecule has 0 aliphatic heterocycles. The Hall–Kier alpha value is -1.07. The quantitative estimate of drug-likeness (QED) is 0.626. The van der Waals surface area contributed by atoms with Gasteiger partial charge in [0.1, 0.15) is 0 Å². The molecular weight excluding hydrogens is 221 g/mol. The molecule has 0 heterocycles. The van der Waals surface area contributed by atoms with Crippen LogP contribution in [0.5, 0.6) is 0 Å². The van der Waals surface area contributed by atoms with Gasteiger partial charge in [0.2, 0.25) is 0 Å². The molecule has 0 fully saturated rings. The van der Waals surface area contributed by atoms with Crippen LogP contribution in [0.2, 0.25) is 0 Å². The Bertz CT molecular complexity index is 355. The molecule has 0 aliphatic carbocycles. The molecule has 0 spiro atoms. The van der Waals surface area contributed by atoms with Crippen molar-refractivity contribution in [2.24, 2.45) is 0 Å². The van der Waals surface area contributed by atoms with Crippen LogP contribution in [0.4, 0.5) is 13.2 Å². The third-order valence-electron chi connectivity index (χ3n) is 2.16. The van der Waals surface area contributed by atoms with Gasteiger partial charge in [0.25, 0.3) is 0 Å². The first kappa shape index (κ1) is 13.0. The van der Waals surface area contributed by atoms with Crippen molar-refractivity contribution in [3.63, 3.8) is 0 Å². The van der Waals surface area contributed by atoms with Crippen molar-refractivity contribution in [2.45, 2.75) is 19.4 Å². The molecule has 0 saturated carbocycles. The Morgan fingerprint density at radius 2 is 1.94 bits per heavy atom. The van der Waals surface area contributed by atoms with Gasteiger partial charge >= 0.3 is 0 Å². The highest BCUT2D eigenvalue weighted by Gasteiger charge is 2.18. The van der Waals surface area contributed by atoms with E-state index in [2.05, 4.69) is 0 Å². The highest BCUT2D eigenvalue weighted by Crippen LogP contribution is 2.23. The molecule has 90 valence electrons. The maximum absolute atomic E-state index is 13.2. The molecule has 0 bridgehead atoms. The minimum Gasteiger partial charge on any atom is -0.388 e. The number of aliphatic hydroxyl groups excluding tert-OH is 1. The van der Waals surface area contributed by atoms with Crippen molar-refractivity contribution in [2.75, 3.05) is 13.2 Å². The number of aliphatic hydroxyl groups is 1. The monoisotopic (exact) mass is 234 g/mol. The SMILES string of the molecule is CCOCCC(O)c1ccc(F)c(F)c1F. The fraction of sp³-hybridized carbons (Fsp3) is 0.455. The van der Waals surface area contributed by atoms with Crippen LogP contribution in [-0.2, 0) is 4.74 Å².